The summed E-state index contributed by atoms with van der Waals surface area (Å²) in [6, 6.07) is 21.4. The molecule has 0 radical (unpaired) electrons. The van der Waals surface area contributed by atoms with Crippen LogP contribution in [0.2, 0.25) is 0 Å². The third-order valence-electron chi connectivity index (χ3n) is 7.55. The van der Waals surface area contributed by atoms with Gasteiger partial charge < -0.3 is 34.6 Å². The molecule has 0 saturated heterocycles. The highest BCUT2D eigenvalue weighted by molar-refractivity contribution is 5.96. The van der Waals surface area contributed by atoms with Gasteiger partial charge in [-0.3, -0.25) is 9.59 Å². The highest BCUT2D eigenvalue weighted by atomic mass is 16.7. The molecule has 206 valence electrons. The van der Waals surface area contributed by atoms with Gasteiger partial charge in [-0.1, -0.05) is 54.6 Å². The quantitative estimate of drug-likeness (QED) is 0.400. The van der Waals surface area contributed by atoms with Crippen molar-refractivity contribution in [3.05, 3.63) is 101 Å². The molecule has 3 aliphatic rings. The number of aliphatic hydroxyl groups excluding tert-OH is 2. The maximum Gasteiger partial charge on any atom is 0.247 e. The molecule has 0 saturated carbocycles. The third-order valence-corrected chi connectivity index (χ3v) is 7.55. The van der Waals surface area contributed by atoms with Crippen LogP contribution in [0.25, 0.3) is 0 Å². The lowest BCUT2D eigenvalue weighted by atomic mass is 9.77. The van der Waals surface area contributed by atoms with Gasteiger partial charge in [0, 0.05) is 24.2 Å². The number of nitrogens with one attached hydrogen (secondary N) is 1. The van der Waals surface area contributed by atoms with E-state index >= 15 is 0 Å². The second kappa shape index (κ2) is 11.0. The van der Waals surface area contributed by atoms with Crippen molar-refractivity contribution in [1.82, 2.24) is 10.2 Å². The number of ether oxygens (including phenoxy) is 3. The molecule has 0 aromatic heterocycles. The van der Waals surface area contributed by atoms with Crippen molar-refractivity contribution >= 4 is 11.8 Å². The average Bonchev–Trinajstić information content (AvgIpc) is 3.60. The molecule has 9 nitrogen and oxygen atoms in total. The second-order valence-electron chi connectivity index (χ2n) is 10.1. The van der Waals surface area contributed by atoms with Crippen LogP contribution in [-0.4, -0.2) is 65.1 Å². The molecular weight excluding hydrogens is 512 g/mol. The van der Waals surface area contributed by atoms with Crippen molar-refractivity contribution in [3.8, 4) is 17.2 Å². The molecule has 1 aliphatic carbocycles. The van der Waals surface area contributed by atoms with Gasteiger partial charge in [-0.2, -0.15) is 0 Å². The molecule has 0 fully saturated rings. The molecule has 40 heavy (non-hydrogen) atoms. The third kappa shape index (κ3) is 4.89. The van der Waals surface area contributed by atoms with Crippen LogP contribution in [0.15, 0.2) is 84.4 Å². The van der Waals surface area contributed by atoms with E-state index in [-0.39, 0.29) is 44.7 Å². The fraction of sp³-hybridized carbons (Fsp3) is 0.290. The topological polar surface area (TPSA) is 118 Å². The summed E-state index contributed by atoms with van der Waals surface area (Å²) in [5.41, 5.74) is 2.81. The van der Waals surface area contributed by atoms with Crippen LogP contribution >= 0.6 is 0 Å². The van der Waals surface area contributed by atoms with Crippen molar-refractivity contribution < 1.29 is 34.0 Å². The van der Waals surface area contributed by atoms with Gasteiger partial charge >= 0.3 is 0 Å². The van der Waals surface area contributed by atoms with Gasteiger partial charge in [0.25, 0.3) is 0 Å². The van der Waals surface area contributed by atoms with E-state index in [0.29, 0.717) is 22.8 Å². The monoisotopic (exact) mass is 542 g/mol. The largest absolute Gasteiger partial charge is 0.486 e. The van der Waals surface area contributed by atoms with Gasteiger partial charge in [-0.15, -0.1) is 0 Å². The standard InChI is InChI=1S/C31H30N2O7/c34-13-12-32-31(37)22-16-23(29(36)30-28(22)21-8-4-5-9-24(21)40-30)33(27(35)15-19-6-2-1-3-7-19)17-20-10-11-25-26(14-20)39-18-38-25/h1-11,14,16,23,28-30,34,36H,12-13,15,17-18H2,(H,32,37)/t23-,28+,29+,30+/m1/s1. The fourth-order valence-electron chi connectivity index (χ4n) is 5.66. The van der Waals surface area contributed by atoms with E-state index in [9.17, 15) is 19.8 Å². The van der Waals surface area contributed by atoms with Crippen LogP contribution in [0.1, 0.15) is 22.6 Å². The molecular formula is C31H30N2O7. The first kappa shape index (κ1) is 25.9. The predicted octanol–water partition coefficient (Wildman–Crippen LogP) is 2.31. The Kier molecular flexibility index (Phi) is 7.15. The van der Waals surface area contributed by atoms with Gasteiger partial charge in [-0.05, 0) is 35.4 Å². The molecule has 2 amide bonds. The maximum absolute atomic E-state index is 13.9. The lowest BCUT2D eigenvalue weighted by Crippen LogP contribution is -2.55. The van der Waals surface area contributed by atoms with Crippen LogP contribution in [0.4, 0.5) is 0 Å². The zero-order valence-electron chi connectivity index (χ0n) is 21.7. The van der Waals surface area contributed by atoms with Gasteiger partial charge in [0.1, 0.15) is 18.0 Å². The first-order valence-corrected chi connectivity index (χ1v) is 13.3. The van der Waals surface area contributed by atoms with Crippen LogP contribution in [-0.2, 0) is 22.6 Å². The number of hydrogen-bond acceptors (Lipinski definition) is 7. The van der Waals surface area contributed by atoms with E-state index < -0.39 is 24.2 Å². The van der Waals surface area contributed by atoms with Crippen LogP contribution in [0.5, 0.6) is 17.2 Å². The van der Waals surface area contributed by atoms with Gasteiger partial charge in [0.05, 0.1) is 25.0 Å². The minimum atomic E-state index is -1.11. The summed E-state index contributed by atoms with van der Waals surface area (Å²) in [5.74, 6) is 0.708. The number of carbonyl (C=O) groups excluding carboxylic acids is 2. The van der Waals surface area contributed by atoms with Crippen molar-refractivity contribution in [3.63, 3.8) is 0 Å². The summed E-state index contributed by atoms with van der Waals surface area (Å²) in [6.45, 7) is 0.165. The lowest BCUT2D eigenvalue weighted by Gasteiger charge is -2.41. The summed E-state index contributed by atoms with van der Waals surface area (Å²) in [5, 5.41) is 23.8. The lowest BCUT2D eigenvalue weighted by molar-refractivity contribution is -0.137. The molecule has 2 heterocycles. The van der Waals surface area contributed by atoms with E-state index in [1.165, 1.54) is 0 Å². The number of aliphatic hydroxyl groups is 2. The second-order valence-corrected chi connectivity index (χ2v) is 10.1. The van der Waals surface area contributed by atoms with E-state index in [4.69, 9.17) is 14.2 Å². The van der Waals surface area contributed by atoms with E-state index in [1.54, 1.807) is 17.0 Å². The van der Waals surface area contributed by atoms with Gasteiger partial charge in [0.2, 0.25) is 18.6 Å². The molecule has 0 unspecified atom stereocenters. The molecule has 3 N–H and O–H groups in total. The Morgan fingerprint density at radius 2 is 1.70 bits per heavy atom. The molecule has 4 atom stereocenters. The van der Waals surface area contributed by atoms with Crippen molar-refractivity contribution in [2.45, 2.75) is 37.1 Å². The van der Waals surface area contributed by atoms with Gasteiger partial charge in [-0.25, -0.2) is 0 Å². The number of rotatable bonds is 8. The normalized spacial score (nSPS) is 22.0. The van der Waals surface area contributed by atoms with Crippen molar-refractivity contribution in [1.29, 1.82) is 0 Å². The Bertz CT molecular complexity index is 1440. The molecule has 3 aromatic rings. The van der Waals surface area contributed by atoms with E-state index in [1.807, 2.05) is 66.7 Å². The first-order chi connectivity index (χ1) is 19.5. The highest BCUT2D eigenvalue weighted by Crippen LogP contribution is 2.47. The number of carbonyl (C=O) groups is 2. The smallest absolute Gasteiger partial charge is 0.247 e. The predicted molar refractivity (Wildman–Crippen MR) is 145 cm³/mol. The number of hydrogen-bond donors (Lipinski definition) is 3. The highest BCUT2D eigenvalue weighted by Gasteiger charge is 2.50. The number of benzene rings is 3. The van der Waals surface area contributed by atoms with Gasteiger partial charge in [0.15, 0.2) is 11.5 Å². The zero-order valence-corrected chi connectivity index (χ0v) is 21.7. The molecule has 0 bridgehead atoms. The Morgan fingerprint density at radius 1 is 0.925 bits per heavy atom. The minimum Gasteiger partial charge on any atom is -0.486 e. The van der Waals surface area contributed by atoms with Crippen LogP contribution in [0.3, 0.4) is 0 Å². The maximum atomic E-state index is 13.9. The number of amides is 2. The SMILES string of the molecule is O=C(NCCO)C1=C[C@@H](N(Cc2ccc3c(c2)OCO3)C(=O)Cc2ccccc2)[C@H](O)[C@H]2Oc3ccccc3[C@@H]12. The van der Waals surface area contributed by atoms with E-state index in [2.05, 4.69) is 5.32 Å². The summed E-state index contributed by atoms with van der Waals surface area (Å²) >= 11 is 0. The number of fused-ring (bicyclic) bond motifs is 4. The molecule has 0 spiro atoms. The fourth-order valence-corrected chi connectivity index (χ4v) is 5.66. The Balaban J connectivity index is 1.39. The van der Waals surface area contributed by atoms with Crippen LogP contribution < -0.4 is 19.5 Å². The Morgan fingerprint density at radius 3 is 2.52 bits per heavy atom. The minimum absolute atomic E-state index is 0.0805. The Labute approximate surface area is 231 Å². The molecule has 6 rings (SSSR count). The summed E-state index contributed by atoms with van der Waals surface area (Å²) in [7, 11) is 0. The first-order valence-electron chi connectivity index (χ1n) is 13.3. The van der Waals surface area contributed by atoms with Crippen LogP contribution in [0, 0.1) is 0 Å². The van der Waals surface area contributed by atoms with Crippen molar-refractivity contribution in [2.75, 3.05) is 19.9 Å². The summed E-state index contributed by atoms with van der Waals surface area (Å²) in [4.78, 5) is 28.9. The number of nitrogens with zero attached hydrogens (tertiary/aromatic N) is 1. The summed E-state index contributed by atoms with van der Waals surface area (Å²) in [6.07, 6.45) is -0.0876. The average molecular weight is 543 g/mol. The zero-order chi connectivity index (χ0) is 27.6. The molecule has 3 aromatic carbocycles. The molecule has 9 heteroatoms. The van der Waals surface area contributed by atoms with Crippen molar-refractivity contribution in [2.24, 2.45) is 0 Å². The number of para-hydroxylation sites is 1. The Hall–Kier alpha value is -4.34. The van der Waals surface area contributed by atoms with E-state index in [0.717, 1.165) is 16.7 Å². The molecule has 2 aliphatic heterocycles. The summed E-state index contributed by atoms with van der Waals surface area (Å²) < 4.78 is 17.2.